The number of rotatable bonds is 12. The first kappa shape index (κ1) is 45.1. The van der Waals surface area contributed by atoms with Gasteiger partial charge in [0.2, 0.25) is 5.78 Å². The maximum absolute atomic E-state index is 14.0. The molecule has 0 aromatic rings. The molecule has 7 heteroatoms. The maximum atomic E-state index is 14.0. The highest BCUT2D eigenvalue weighted by molar-refractivity contribution is 5.91. The number of allylic oxidation sites excluding steroid dienone is 6. The van der Waals surface area contributed by atoms with Crippen molar-refractivity contribution in [1.29, 1.82) is 0 Å². The smallest absolute Gasteiger partial charge is 0.306 e. The minimum Gasteiger partial charge on any atom is -0.462 e. The summed E-state index contributed by atoms with van der Waals surface area (Å²) in [7, 11) is 0. The Labute approximate surface area is 368 Å². The third kappa shape index (κ3) is 7.42. The van der Waals surface area contributed by atoms with E-state index < -0.39 is 41.4 Å². The van der Waals surface area contributed by atoms with Gasteiger partial charge < -0.3 is 19.7 Å². The monoisotopic (exact) mass is 841 g/mol. The summed E-state index contributed by atoms with van der Waals surface area (Å²) >= 11 is 0. The van der Waals surface area contributed by atoms with E-state index >= 15 is 0 Å². The number of fused-ring (bicyclic) bond motifs is 10. The van der Waals surface area contributed by atoms with Crippen molar-refractivity contribution in [3.63, 3.8) is 0 Å². The quantitative estimate of drug-likeness (QED) is 0.149. The third-order valence-electron chi connectivity index (χ3n) is 20.1. The summed E-state index contributed by atoms with van der Waals surface area (Å²) in [6, 6.07) is 0. The minimum absolute atomic E-state index is 0.00577. The highest BCUT2D eigenvalue weighted by atomic mass is 16.5. The molecule has 0 radical (unpaired) electrons. The van der Waals surface area contributed by atoms with Crippen LogP contribution in [0.4, 0.5) is 0 Å². The summed E-state index contributed by atoms with van der Waals surface area (Å²) in [5, 5.41) is 24.2. The molecule has 8 aliphatic carbocycles. The van der Waals surface area contributed by atoms with Gasteiger partial charge in [-0.15, -0.1) is 0 Å². The first-order valence-corrected chi connectivity index (χ1v) is 24.8. The zero-order chi connectivity index (χ0) is 43.9. The third-order valence-corrected chi connectivity index (χ3v) is 20.1. The number of hydrogen-bond acceptors (Lipinski definition) is 7. The van der Waals surface area contributed by atoms with Crippen molar-refractivity contribution in [2.45, 2.75) is 182 Å². The molecule has 0 aliphatic heterocycles. The van der Waals surface area contributed by atoms with Gasteiger partial charge in [0, 0.05) is 23.2 Å². The van der Waals surface area contributed by atoms with E-state index in [0.717, 1.165) is 73.7 Å². The molecule has 8 rings (SSSR count). The number of aliphatic hydroxyl groups excluding tert-OH is 1. The lowest BCUT2D eigenvalue weighted by molar-refractivity contribution is -0.186. The molecule has 13 unspecified atom stereocenters. The molecule has 0 aromatic carbocycles. The predicted octanol–water partition coefficient (Wildman–Crippen LogP) is 11.1. The van der Waals surface area contributed by atoms with Crippen LogP contribution in [0.5, 0.6) is 0 Å². The lowest BCUT2D eigenvalue weighted by Gasteiger charge is -2.59. The van der Waals surface area contributed by atoms with Gasteiger partial charge in [-0.05, 0) is 140 Å². The highest BCUT2D eigenvalue weighted by Gasteiger charge is 2.70. The fourth-order valence-electron chi connectivity index (χ4n) is 16.9. The Hall–Kier alpha value is -2.51. The van der Waals surface area contributed by atoms with Crippen LogP contribution in [0.15, 0.2) is 47.6 Å². The predicted molar refractivity (Wildman–Crippen MR) is 240 cm³/mol. The van der Waals surface area contributed by atoms with Gasteiger partial charge in [-0.1, -0.05) is 117 Å². The Balaban J connectivity index is 0.818. The van der Waals surface area contributed by atoms with Gasteiger partial charge in [-0.2, -0.15) is 0 Å². The number of aliphatic hydroxyl groups is 2. The van der Waals surface area contributed by atoms with Crippen LogP contribution in [0.25, 0.3) is 0 Å². The van der Waals surface area contributed by atoms with E-state index in [1.54, 1.807) is 0 Å². The van der Waals surface area contributed by atoms with Gasteiger partial charge in [-0.25, -0.2) is 0 Å². The molecule has 61 heavy (non-hydrogen) atoms. The van der Waals surface area contributed by atoms with Gasteiger partial charge in [0.15, 0.2) is 6.61 Å². The molecule has 0 saturated heterocycles. The number of esters is 2. The topological polar surface area (TPSA) is 110 Å². The van der Waals surface area contributed by atoms with Crippen LogP contribution in [-0.4, -0.2) is 52.4 Å². The molecule has 338 valence electrons. The summed E-state index contributed by atoms with van der Waals surface area (Å²) in [4.78, 5) is 40.1. The fraction of sp³-hybridized carbons (Fsp3) is 0.796. The van der Waals surface area contributed by atoms with Crippen LogP contribution in [0.3, 0.4) is 0 Å². The highest BCUT2D eigenvalue weighted by Crippen LogP contribution is 2.70. The molecule has 6 saturated carbocycles. The molecule has 6 fully saturated rings. The summed E-state index contributed by atoms with van der Waals surface area (Å²) in [6.07, 6.45) is 23.9. The second-order valence-electron chi connectivity index (χ2n) is 23.5. The number of hydrogen-bond donors (Lipinski definition) is 2. The average molecular weight is 841 g/mol. The van der Waals surface area contributed by atoms with Gasteiger partial charge in [0.05, 0.1) is 18.9 Å². The van der Waals surface area contributed by atoms with Gasteiger partial charge in [-0.3, -0.25) is 14.4 Å². The normalized spacial score (nSPS) is 45.3. The second-order valence-corrected chi connectivity index (χ2v) is 23.5. The van der Waals surface area contributed by atoms with Crippen LogP contribution in [0.2, 0.25) is 0 Å². The zero-order valence-electron chi connectivity index (χ0n) is 39.1. The molecule has 8 aliphatic rings. The zero-order valence-corrected chi connectivity index (χ0v) is 39.1. The van der Waals surface area contributed by atoms with Gasteiger partial charge in [0.1, 0.15) is 11.7 Å². The Morgan fingerprint density at radius 2 is 1.66 bits per heavy atom. The molecule has 2 N–H and O–H groups in total. The maximum Gasteiger partial charge on any atom is 0.306 e. The molecule has 0 bridgehead atoms. The minimum atomic E-state index is -1.73. The number of carbonyl (C=O) groups is 3. The van der Waals surface area contributed by atoms with E-state index in [0.29, 0.717) is 24.2 Å². The number of carbonyl (C=O) groups excluding carboxylic acids is 3. The van der Waals surface area contributed by atoms with Crippen molar-refractivity contribution in [2.24, 2.45) is 80.8 Å². The van der Waals surface area contributed by atoms with Crippen molar-refractivity contribution in [3.05, 3.63) is 47.6 Å². The van der Waals surface area contributed by atoms with Crippen LogP contribution in [0.1, 0.15) is 165 Å². The largest absolute Gasteiger partial charge is 0.462 e. The van der Waals surface area contributed by atoms with E-state index in [9.17, 15) is 24.6 Å². The van der Waals surface area contributed by atoms with Gasteiger partial charge >= 0.3 is 11.9 Å². The van der Waals surface area contributed by atoms with E-state index in [-0.39, 0.29) is 53.4 Å². The SMILES string of the molecule is C=C1C=CC2(C)C(=C1)CCC1C2C(O)CC2(C)C1C[C@H](C)C2(O)C(=O)COC(=O)CCC(=O)OC1CCC2(C)C(=CCC3C2CCC2(C)C3CC[C@@H]2[C@H](C)CCCC(C)C)C1. The van der Waals surface area contributed by atoms with E-state index in [1.807, 2.05) is 13.8 Å². The van der Waals surface area contributed by atoms with E-state index in [4.69, 9.17) is 9.47 Å². The first-order chi connectivity index (χ1) is 28.8. The van der Waals surface area contributed by atoms with Crippen LogP contribution >= 0.6 is 0 Å². The number of ether oxygens (including phenoxy) is 2. The van der Waals surface area contributed by atoms with Crippen molar-refractivity contribution >= 4 is 17.7 Å². The standard InChI is InChI=1S/C54H80O7/c1-32(2)11-10-12-34(4)41-17-18-42-39-15-13-37-29-38(22-25-50(37,6)43(39)23-26-52(41,42)8)61-48(58)20-19-47(57)60-31-46(56)54(59)35(5)28-44-40-16-14-36-27-33(3)21-24-51(36,7)49(40)45(55)30-53(44,54)9/h13,21,24,27,32,34-35,38-45,49,55,59H,3,10-12,14-20,22-23,25-26,28-31H2,1-2,4-9H3/t34-,35+,38?,39?,40?,41-,42?,43?,44?,45?,49?,50?,51?,52?,53?,54?/m1/s1. The Morgan fingerprint density at radius 3 is 2.41 bits per heavy atom. The van der Waals surface area contributed by atoms with E-state index in [1.165, 1.54) is 56.1 Å². The fourth-order valence-corrected chi connectivity index (χ4v) is 16.9. The van der Waals surface area contributed by atoms with Gasteiger partial charge in [0.25, 0.3) is 0 Å². The van der Waals surface area contributed by atoms with E-state index in [2.05, 4.69) is 72.4 Å². The molecule has 0 aromatic heterocycles. The number of ketones is 1. The number of Topliss-reactive ketones (excluding diaryl/α,β-unsaturated/α-hetero) is 1. The van der Waals surface area contributed by atoms with Crippen molar-refractivity contribution in [1.82, 2.24) is 0 Å². The Bertz CT molecular complexity index is 1840. The van der Waals surface area contributed by atoms with Crippen LogP contribution in [0, 0.1) is 80.8 Å². The molecular formula is C54H80O7. The Kier molecular flexibility index (Phi) is 12.2. The second kappa shape index (κ2) is 16.5. The van der Waals surface area contributed by atoms with Crippen LogP contribution < -0.4 is 0 Å². The summed E-state index contributed by atoms with van der Waals surface area (Å²) in [5.74, 6) is 2.98. The molecule has 0 amide bonds. The van der Waals surface area contributed by atoms with Crippen molar-refractivity contribution in [2.75, 3.05) is 6.61 Å². The summed E-state index contributed by atoms with van der Waals surface area (Å²) < 4.78 is 11.5. The lowest BCUT2D eigenvalue weighted by Crippen LogP contribution is -2.62. The average Bonchev–Trinajstić information content (AvgIpc) is 3.66. The molecule has 0 spiro atoms. The molecule has 0 heterocycles. The molecule has 16 atom stereocenters. The molecule has 7 nitrogen and oxygen atoms in total. The molecular weight excluding hydrogens is 761 g/mol. The van der Waals surface area contributed by atoms with Crippen molar-refractivity contribution in [3.8, 4) is 0 Å². The summed E-state index contributed by atoms with van der Waals surface area (Å²) in [5.41, 5.74) is 1.51. The van der Waals surface area contributed by atoms with Crippen LogP contribution in [-0.2, 0) is 23.9 Å². The van der Waals surface area contributed by atoms with Crippen molar-refractivity contribution < 1.29 is 34.1 Å². The first-order valence-electron chi connectivity index (χ1n) is 24.8. The Morgan fingerprint density at radius 1 is 0.902 bits per heavy atom. The summed E-state index contributed by atoms with van der Waals surface area (Å²) in [6.45, 7) is 22.1. The lowest BCUT2D eigenvalue weighted by atomic mass is 9.46.